The standard InChI is InChI=1S/C23H28N2O3/c1-5-17-7-6-8-18-19(14-24-23(17)18)20(26)15-25(2)12-11-16-9-10-21(27-3)22(13-16)28-4/h6-10,13-14,24H,5,11-12,15H2,1-4H3/p+1. The molecular weight excluding hydrogens is 352 g/mol. The second-order valence-corrected chi connectivity index (χ2v) is 7.14. The molecule has 2 aromatic carbocycles. The first kappa shape index (κ1) is 20.0. The highest BCUT2D eigenvalue weighted by atomic mass is 16.5. The highest BCUT2D eigenvalue weighted by molar-refractivity contribution is 6.08. The Morgan fingerprint density at radius 3 is 2.61 bits per heavy atom. The Morgan fingerprint density at radius 2 is 1.89 bits per heavy atom. The predicted molar refractivity (Wildman–Crippen MR) is 112 cm³/mol. The van der Waals surface area contributed by atoms with Gasteiger partial charge in [-0.3, -0.25) is 4.79 Å². The van der Waals surface area contributed by atoms with Gasteiger partial charge in [-0.05, 0) is 29.7 Å². The first-order valence-corrected chi connectivity index (χ1v) is 9.71. The van der Waals surface area contributed by atoms with Crippen LogP contribution < -0.4 is 14.4 Å². The van der Waals surface area contributed by atoms with Gasteiger partial charge in [-0.25, -0.2) is 0 Å². The number of Topliss-reactive ketones (excluding diaryl/α,β-unsaturated/α-hetero) is 1. The van der Waals surface area contributed by atoms with Crippen molar-refractivity contribution < 1.29 is 19.2 Å². The van der Waals surface area contributed by atoms with Crippen molar-refractivity contribution in [1.82, 2.24) is 4.98 Å². The average Bonchev–Trinajstić information content (AvgIpc) is 3.16. The van der Waals surface area contributed by atoms with Crippen molar-refractivity contribution >= 4 is 16.7 Å². The maximum atomic E-state index is 12.8. The number of fused-ring (bicyclic) bond motifs is 1. The molecule has 0 saturated heterocycles. The lowest BCUT2D eigenvalue weighted by atomic mass is 10.0. The highest BCUT2D eigenvalue weighted by Gasteiger charge is 2.17. The van der Waals surface area contributed by atoms with Crippen LogP contribution in [0, 0.1) is 0 Å². The number of methoxy groups -OCH3 is 2. The summed E-state index contributed by atoms with van der Waals surface area (Å²) in [7, 11) is 5.34. The van der Waals surface area contributed by atoms with Gasteiger partial charge >= 0.3 is 0 Å². The van der Waals surface area contributed by atoms with Crippen molar-refractivity contribution in [1.29, 1.82) is 0 Å². The van der Waals surface area contributed by atoms with E-state index >= 15 is 0 Å². The molecule has 0 bridgehead atoms. The van der Waals surface area contributed by atoms with Gasteiger partial charge in [0.1, 0.15) is 6.54 Å². The molecule has 1 aromatic heterocycles. The average molecular weight is 381 g/mol. The molecule has 148 valence electrons. The number of aryl methyl sites for hydroxylation is 1. The first-order valence-electron chi connectivity index (χ1n) is 9.71. The summed E-state index contributed by atoms with van der Waals surface area (Å²) < 4.78 is 10.7. The van der Waals surface area contributed by atoms with E-state index in [2.05, 4.69) is 25.0 Å². The third-order valence-corrected chi connectivity index (χ3v) is 5.23. The number of benzene rings is 2. The molecule has 3 aromatic rings. The molecule has 3 rings (SSSR count). The molecule has 1 heterocycles. The highest BCUT2D eigenvalue weighted by Crippen LogP contribution is 2.27. The summed E-state index contributed by atoms with van der Waals surface area (Å²) in [5.41, 5.74) is 4.28. The molecule has 0 aliphatic carbocycles. The minimum atomic E-state index is 0.171. The number of likely N-dealkylation sites (N-methyl/N-ethyl adjacent to an activating group) is 1. The van der Waals surface area contributed by atoms with E-state index in [4.69, 9.17) is 9.47 Å². The molecule has 0 aliphatic heterocycles. The van der Waals surface area contributed by atoms with Gasteiger partial charge in [-0.15, -0.1) is 0 Å². The molecule has 0 amide bonds. The van der Waals surface area contributed by atoms with Crippen LogP contribution in [0.25, 0.3) is 10.9 Å². The number of aromatic amines is 1. The summed E-state index contributed by atoms with van der Waals surface area (Å²) in [4.78, 5) is 17.3. The van der Waals surface area contributed by atoms with Gasteiger partial charge in [0.05, 0.1) is 27.8 Å². The molecule has 5 heteroatoms. The third kappa shape index (κ3) is 4.20. The number of carbonyl (C=O) groups excluding carboxylic acids is 1. The SMILES string of the molecule is CCc1cccc2c(C(=O)C[NH+](C)CCc3ccc(OC)c(OC)c3)c[nH]c12. The number of ketones is 1. The quantitative estimate of drug-likeness (QED) is 0.561. The first-order chi connectivity index (χ1) is 13.6. The Hall–Kier alpha value is -2.79. The smallest absolute Gasteiger partial charge is 0.218 e. The van der Waals surface area contributed by atoms with Crippen molar-refractivity contribution in [3.63, 3.8) is 0 Å². The number of aromatic nitrogens is 1. The number of H-pyrrole nitrogens is 1. The second-order valence-electron chi connectivity index (χ2n) is 7.14. The molecule has 2 N–H and O–H groups in total. The van der Waals surface area contributed by atoms with Gasteiger partial charge in [-0.2, -0.15) is 0 Å². The fourth-order valence-electron chi connectivity index (χ4n) is 3.59. The van der Waals surface area contributed by atoms with Gasteiger partial charge in [0.15, 0.2) is 11.5 Å². The van der Waals surface area contributed by atoms with Crippen molar-refractivity contribution in [2.45, 2.75) is 19.8 Å². The monoisotopic (exact) mass is 381 g/mol. The number of hydrogen-bond donors (Lipinski definition) is 2. The normalized spacial score (nSPS) is 12.1. The number of ether oxygens (including phenoxy) is 2. The van der Waals surface area contributed by atoms with Crippen molar-refractivity contribution in [3.05, 3.63) is 59.3 Å². The maximum absolute atomic E-state index is 12.8. The summed E-state index contributed by atoms with van der Waals surface area (Å²) >= 11 is 0. The van der Waals surface area contributed by atoms with Crippen LogP contribution in [0.1, 0.15) is 28.4 Å². The molecule has 0 saturated carbocycles. The van der Waals surface area contributed by atoms with Gasteiger partial charge in [0, 0.05) is 29.1 Å². The number of rotatable bonds is 9. The summed E-state index contributed by atoms with van der Waals surface area (Å²) in [6.45, 7) is 3.46. The van der Waals surface area contributed by atoms with Crippen molar-refractivity contribution in [2.24, 2.45) is 0 Å². The largest absolute Gasteiger partial charge is 0.493 e. The van der Waals surface area contributed by atoms with Crippen LogP contribution >= 0.6 is 0 Å². The van der Waals surface area contributed by atoms with E-state index in [-0.39, 0.29) is 5.78 Å². The summed E-state index contributed by atoms with van der Waals surface area (Å²) in [6, 6.07) is 12.1. The van der Waals surface area contributed by atoms with Crippen molar-refractivity contribution in [3.8, 4) is 11.5 Å². The molecule has 28 heavy (non-hydrogen) atoms. The van der Waals surface area contributed by atoms with E-state index in [0.29, 0.717) is 6.54 Å². The molecule has 1 atom stereocenters. The van der Waals surface area contributed by atoms with Crippen molar-refractivity contribution in [2.75, 3.05) is 34.4 Å². The van der Waals surface area contributed by atoms with Gasteiger partial charge in [0.2, 0.25) is 5.78 Å². The Bertz CT molecular complexity index is 962. The minimum Gasteiger partial charge on any atom is -0.493 e. The fourth-order valence-corrected chi connectivity index (χ4v) is 3.59. The topological polar surface area (TPSA) is 55.8 Å². The Morgan fingerprint density at radius 1 is 1.11 bits per heavy atom. The van der Waals surface area contributed by atoms with Gasteiger partial charge in [0.25, 0.3) is 0 Å². The number of hydrogen-bond acceptors (Lipinski definition) is 3. The van der Waals surface area contributed by atoms with E-state index in [1.54, 1.807) is 14.2 Å². The number of nitrogens with one attached hydrogen (secondary N) is 2. The van der Waals surface area contributed by atoms with Crippen LogP contribution in [0.2, 0.25) is 0 Å². The van der Waals surface area contributed by atoms with Crippen LogP contribution in [0.4, 0.5) is 0 Å². The van der Waals surface area contributed by atoms with E-state index in [9.17, 15) is 4.79 Å². The summed E-state index contributed by atoms with van der Waals surface area (Å²) in [6.07, 6.45) is 3.67. The van der Waals surface area contributed by atoms with Crippen LogP contribution in [0.3, 0.4) is 0 Å². The third-order valence-electron chi connectivity index (χ3n) is 5.23. The van der Waals surface area contributed by atoms with Crippen LogP contribution in [-0.4, -0.2) is 45.1 Å². The van der Waals surface area contributed by atoms with E-state index < -0.39 is 0 Å². The fraction of sp³-hybridized carbons (Fsp3) is 0.348. The Labute approximate surface area is 166 Å². The molecule has 0 spiro atoms. The molecular formula is C23H29N2O3+. The summed E-state index contributed by atoms with van der Waals surface area (Å²) in [5, 5.41) is 1.03. The molecule has 0 radical (unpaired) electrons. The lowest BCUT2D eigenvalue weighted by Crippen LogP contribution is -3.10. The maximum Gasteiger partial charge on any atom is 0.218 e. The zero-order chi connectivity index (χ0) is 20.1. The number of para-hydroxylation sites is 1. The zero-order valence-electron chi connectivity index (χ0n) is 17.1. The minimum absolute atomic E-state index is 0.171. The zero-order valence-corrected chi connectivity index (χ0v) is 17.1. The van der Waals surface area contributed by atoms with Crippen LogP contribution in [0.5, 0.6) is 11.5 Å². The van der Waals surface area contributed by atoms with E-state index in [0.717, 1.165) is 47.4 Å². The van der Waals surface area contributed by atoms with Gasteiger partial charge in [-0.1, -0.05) is 31.2 Å². The lowest BCUT2D eigenvalue weighted by molar-refractivity contribution is -0.870. The number of carbonyl (C=O) groups is 1. The molecule has 5 nitrogen and oxygen atoms in total. The second kappa shape index (κ2) is 8.93. The summed E-state index contributed by atoms with van der Waals surface area (Å²) in [5.74, 6) is 1.64. The van der Waals surface area contributed by atoms with Crippen LogP contribution in [0.15, 0.2) is 42.6 Å². The number of quaternary nitrogens is 1. The molecule has 0 aliphatic rings. The lowest BCUT2D eigenvalue weighted by Gasteiger charge is -2.14. The Kier molecular flexibility index (Phi) is 6.37. The van der Waals surface area contributed by atoms with Gasteiger partial charge < -0.3 is 19.4 Å². The van der Waals surface area contributed by atoms with E-state index in [1.807, 2.05) is 36.5 Å². The molecule has 1 unspecified atom stereocenters. The Balaban J connectivity index is 1.64. The van der Waals surface area contributed by atoms with E-state index in [1.165, 1.54) is 16.0 Å². The van der Waals surface area contributed by atoms with Crippen LogP contribution in [-0.2, 0) is 12.8 Å². The molecule has 0 fully saturated rings. The predicted octanol–water partition coefficient (Wildman–Crippen LogP) is 2.69.